The van der Waals surface area contributed by atoms with Gasteiger partial charge in [0.1, 0.15) is 5.39 Å². The Morgan fingerprint density at radius 2 is 2.40 bits per heavy atom. The van der Waals surface area contributed by atoms with Gasteiger partial charge in [0.15, 0.2) is 5.65 Å². The molecule has 0 aliphatic heterocycles. The van der Waals surface area contributed by atoms with Gasteiger partial charge in [0.2, 0.25) is 0 Å². The van der Waals surface area contributed by atoms with Crippen molar-refractivity contribution in [2.75, 3.05) is 0 Å². The van der Waals surface area contributed by atoms with Crippen LogP contribution in [-0.2, 0) is 11.3 Å². The Kier molecular flexibility index (Phi) is 2.20. The van der Waals surface area contributed by atoms with E-state index in [-0.39, 0.29) is 18.5 Å². The van der Waals surface area contributed by atoms with Crippen LogP contribution in [0.3, 0.4) is 0 Å². The number of carboxylic acid groups (broad SMARTS) is 1. The average molecular weight is 208 g/mol. The SMILES string of the molecule is O=C(O)CCn1ncc2c(=O)[nH]cnc21. The highest BCUT2D eigenvalue weighted by molar-refractivity contribution is 5.73. The zero-order chi connectivity index (χ0) is 10.8. The molecule has 0 fully saturated rings. The van der Waals surface area contributed by atoms with E-state index >= 15 is 0 Å². The summed E-state index contributed by atoms with van der Waals surface area (Å²) in [5.74, 6) is -0.913. The lowest BCUT2D eigenvalue weighted by Crippen LogP contribution is -2.09. The third-order valence-corrected chi connectivity index (χ3v) is 1.98. The first kappa shape index (κ1) is 9.38. The smallest absolute Gasteiger partial charge is 0.305 e. The maximum Gasteiger partial charge on any atom is 0.305 e. The van der Waals surface area contributed by atoms with Crippen LogP contribution in [0.4, 0.5) is 0 Å². The van der Waals surface area contributed by atoms with Gasteiger partial charge in [0, 0.05) is 0 Å². The van der Waals surface area contributed by atoms with Gasteiger partial charge in [-0.3, -0.25) is 9.59 Å². The summed E-state index contributed by atoms with van der Waals surface area (Å²) in [6.45, 7) is 0.204. The fourth-order valence-electron chi connectivity index (χ4n) is 1.27. The molecule has 0 atom stereocenters. The number of aromatic amines is 1. The summed E-state index contributed by atoms with van der Waals surface area (Å²) < 4.78 is 1.40. The largest absolute Gasteiger partial charge is 0.481 e. The number of aliphatic carboxylic acids is 1. The van der Waals surface area contributed by atoms with Crippen LogP contribution in [0.15, 0.2) is 17.3 Å². The maximum atomic E-state index is 11.3. The van der Waals surface area contributed by atoms with E-state index in [2.05, 4.69) is 15.1 Å². The number of aryl methyl sites for hydroxylation is 1. The first-order valence-electron chi connectivity index (χ1n) is 4.29. The van der Waals surface area contributed by atoms with Crippen LogP contribution in [0.1, 0.15) is 6.42 Å². The van der Waals surface area contributed by atoms with Crippen LogP contribution in [0.2, 0.25) is 0 Å². The van der Waals surface area contributed by atoms with Crippen LogP contribution < -0.4 is 5.56 Å². The van der Waals surface area contributed by atoms with E-state index in [1.807, 2.05) is 0 Å². The summed E-state index contributed by atoms with van der Waals surface area (Å²) >= 11 is 0. The van der Waals surface area contributed by atoms with Crippen molar-refractivity contribution in [1.29, 1.82) is 0 Å². The predicted octanol–water partition coefficient (Wildman–Crippen LogP) is -0.406. The summed E-state index contributed by atoms with van der Waals surface area (Å²) in [5.41, 5.74) is 0.126. The standard InChI is InChI=1S/C8H8N4O3/c13-6(14)1-2-12-7-5(3-11-12)8(15)10-4-9-7/h3-4H,1-2H2,(H,13,14)(H,9,10,15). The number of nitrogens with zero attached hydrogens (tertiary/aromatic N) is 3. The van der Waals surface area contributed by atoms with E-state index in [1.54, 1.807) is 0 Å². The van der Waals surface area contributed by atoms with Crippen LogP contribution in [0.25, 0.3) is 11.0 Å². The quantitative estimate of drug-likeness (QED) is 0.714. The number of carbonyl (C=O) groups is 1. The number of hydrogen-bond acceptors (Lipinski definition) is 4. The van der Waals surface area contributed by atoms with Crippen molar-refractivity contribution in [2.24, 2.45) is 0 Å². The number of fused-ring (bicyclic) bond motifs is 1. The van der Waals surface area contributed by atoms with E-state index in [0.717, 1.165) is 0 Å². The summed E-state index contributed by atoms with van der Waals surface area (Å²) in [5, 5.41) is 12.8. The number of aromatic nitrogens is 4. The van der Waals surface area contributed by atoms with Crippen LogP contribution in [-0.4, -0.2) is 30.8 Å². The summed E-state index contributed by atoms with van der Waals surface area (Å²) in [7, 11) is 0. The lowest BCUT2D eigenvalue weighted by Gasteiger charge is -1.98. The molecule has 0 amide bonds. The van der Waals surface area contributed by atoms with Crippen molar-refractivity contribution in [3.05, 3.63) is 22.9 Å². The number of nitrogens with one attached hydrogen (secondary N) is 1. The van der Waals surface area contributed by atoms with Crippen LogP contribution in [0.5, 0.6) is 0 Å². The van der Waals surface area contributed by atoms with E-state index in [1.165, 1.54) is 17.2 Å². The molecular formula is C8H8N4O3. The molecule has 0 saturated carbocycles. The fourth-order valence-corrected chi connectivity index (χ4v) is 1.27. The van der Waals surface area contributed by atoms with Gasteiger partial charge in [-0.05, 0) is 0 Å². The molecule has 0 radical (unpaired) electrons. The minimum absolute atomic E-state index is 0.0503. The summed E-state index contributed by atoms with van der Waals surface area (Å²) in [4.78, 5) is 28.0. The fraction of sp³-hybridized carbons (Fsp3) is 0.250. The molecule has 0 bridgehead atoms. The first-order chi connectivity index (χ1) is 7.18. The van der Waals surface area contributed by atoms with Crippen molar-refractivity contribution in [3.8, 4) is 0 Å². The molecule has 0 aliphatic carbocycles. The molecule has 0 unspecified atom stereocenters. The summed E-state index contributed by atoms with van der Waals surface area (Å²) in [6.07, 6.45) is 2.60. The molecule has 7 heteroatoms. The summed E-state index contributed by atoms with van der Waals surface area (Å²) in [6, 6.07) is 0. The van der Waals surface area contributed by atoms with E-state index in [0.29, 0.717) is 11.0 Å². The van der Waals surface area contributed by atoms with Gasteiger partial charge in [0.25, 0.3) is 5.56 Å². The molecule has 0 saturated heterocycles. The minimum atomic E-state index is -0.913. The molecule has 2 heterocycles. The second kappa shape index (κ2) is 3.52. The normalized spacial score (nSPS) is 10.7. The van der Waals surface area contributed by atoms with Crippen LogP contribution >= 0.6 is 0 Å². The van der Waals surface area contributed by atoms with Gasteiger partial charge in [0.05, 0.1) is 25.5 Å². The highest BCUT2D eigenvalue weighted by Crippen LogP contribution is 2.04. The second-order valence-electron chi connectivity index (χ2n) is 2.98. The molecule has 2 aromatic rings. The first-order valence-corrected chi connectivity index (χ1v) is 4.29. The zero-order valence-corrected chi connectivity index (χ0v) is 7.67. The molecule has 0 aromatic carbocycles. The van der Waals surface area contributed by atoms with Crippen LogP contribution in [0, 0.1) is 0 Å². The lowest BCUT2D eigenvalue weighted by atomic mass is 10.4. The Balaban J connectivity index is 2.41. The Labute approximate surface area is 83.4 Å². The van der Waals surface area contributed by atoms with Gasteiger partial charge in [-0.2, -0.15) is 5.10 Å². The second-order valence-corrected chi connectivity index (χ2v) is 2.98. The Hall–Kier alpha value is -2.18. The predicted molar refractivity (Wildman–Crippen MR) is 50.4 cm³/mol. The third kappa shape index (κ3) is 1.71. The molecule has 2 aromatic heterocycles. The van der Waals surface area contributed by atoms with Crippen molar-refractivity contribution < 1.29 is 9.90 Å². The van der Waals surface area contributed by atoms with Gasteiger partial charge in [-0.25, -0.2) is 9.67 Å². The van der Waals surface area contributed by atoms with Gasteiger partial charge in [-0.15, -0.1) is 0 Å². The topological polar surface area (TPSA) is 101 Å². The van der Waals surface area contributed by atoms with Crippen molar-refractivity contribution in [2.45, 2.75) is 13.0 Å². The molecule has 2 N–H and O–H groups in total. The average Bonchev–Trinajstić information content (AvgIpc) is 2.59. The zero-order valence-electron chi connectivity index (χ0n) is 7.67. The van der Waals surface area contributed by atoms with Gasteiger partial charge >= 0.3 is 5.97 Å². The highest BCUT2D eigenvalue weighted by Gasteiger charge is 2.07. The van der Waals surface area contributed by atoms with E-state index < -0.39 is 5.97 Å². The minimum Gasteiger partial charge on any atom is -0.481 e. The molecule has 78 valence electrons. The highest BCUT2D eigenvalue weighted by atomic mass is 16.4. The Morgan fingerprint density at radius 3 is 3.13 bits per heavy atom. The number of hydrogen-bond donors (Lipinski definition) is 2. The molecule has 15 heavy (non-hydrogen) atoms. The third-order valence-electron chi connectivity index (χ3n) is 1.98. The van der Waals surface area contributed by atoms with Crippen molar-refractivity contribution in [3.63, 3.8) is 0 Å². The lowest BCUT2D eigenvalue weighted by molar-refractivity contribution is -0.137. The van der Waals surface area contributed by atoms with E-state index in [4.69, 9.17) is 5.11 Å². The maximum absolute atomic E-state index is 11.3. The van der Waals surface area contributed by atoms with Crippen molar-refractivity contribution in [1.82, 2.24) is 19.7 Å². The monoisotopic (exact) mass is 208 g/mol. The van der Waals surface area contributed by atoms with Gasteiger partial charge < -0.3 is 10.1 Å². The van der Waals surface area contributed by atoms with Crippen molar-refractivity contribution >= 4 is 17.0 Å². The molecule has 7 nitrogen and oxygen atoms in total. The molecule has 2 rings (SSSR count). The Bertz CT molecular complexity index is 556. The number of rotatable bonds is 3. The number of carboxylic acids is 1. The molecular weight excluding hydrogens is 200 g/mol. The Morgan fingerprint density at radius 1 is 1.60 bits per heavy atom. The number of H-pyrrole nitrogens is 1. The van der Waals surface area contributed by atoms with Gasteiger partial charge in [-0.1, -0.05) is 0 Å². The van der Waals surface area contributed by atoms with E-state index in [9.17, 15) is 9.59 Å². The molecule has 0 aliphatic rings. The molecule has 0 spiro atoms.